The Morgan fingerprint density at radius 1 is 1.03 bits per heavy atom. The minimum atomic E-state index is -0.525. The summed E-state index contributed by atoms with van der Waals surface area (Å²) in [6, 6.07) is 7.73. The maximum Gasteiger partial charge on any atom is 0.332 e. The van der Waals surface area contributed by atoms with Gasteiger partial charge in [0.05, 0.1) is 27.2 Å². The molecule has 0 radical (unpaired) electrons. The van der Waals surface area contributed by atoms with Crippen LogP contribution in [0.15, 0.2) is 33.9 Å². The van der Waals surface area contributed by atoms with Crippen LogP contribution in [0.25, 0.3) is 16.9 Å². The van der Waals surface area contributed by atoms with Crippen molar-refractivity contribution in [1.29, 1.82) is 0 Å². The van der Waals surface area contributed by atoms with Gasteiger partial charge in [0.1, 0.15) is 5.75 Å². The molecule has 0 fully saturated rings. The third kappa shape index (κ3) is 3.28. The molecule has 0 unspecified atom stereocenters. The van der Waals surface area contributed by atoms with Crippen LogP contribution < -0.4 is 16.0 Å². The van der Waals surface area contributed by atoms with Crippen LogP contribution >= 0.6 is 0 Å². The van der Waals surface area contributed by atoms with E-state index < -0.39 is 17.2 Å². The Balaban J connectivity index is 1.91. The highest BCUT2D eigenvalue weighted by atomic mass is 16.5. The average Bonchev–Trinajstić information content (AvgIpc) is 3.29. The summed E-state index contributed by atoms with van der Waals surface area (Å²) in [7, 11) is 4.46. The quantitative estimate of drug-likeness (QED) is 0.421. The van der Waals surface area contributed by atoms with E-state index in [4.69, 9.17) is 4.74 Å². The number of hydrogen-bond acceptors (Lipinski definition) is 6. The molecule has 0 aliphatic heterocycles. The van der Waals surface area contributed by atoms with E-state index in [1.165, 1.54) is 11.7 Å². The van der Waals surface area contributed by atoms with Crippen molar-refractivity contribution in [2.24, 2.45) is 7.05 Å². The highest BCUT2D eigenvalue weighted by molar-refractivity contribution is 5.76. The molecule has 0 N–H and O–H groups in total. The molecule has 32 heavy (non-hydrogen) atoms. The highest BCUT2D eigenvalue weighted by Crippen LogP contribution is 2.22. The van der Waals surface area contributed by atoms with Crippen molar-refractivity contribution in [2.75, 3.05) is 14.2 Å². The fourth-order valence-electron chi connectivity index (χ4n) is 3.92. The van der Waals surface area contributed by atoms with Gasteiger partial charge in [-0.15, -0.1) is 0 Å². The van der Waals surface area contributed by atoms with Gasteiger partial charge in [-0.05, 0) is 31.5 Å². The van der Waals surface area contributed by atoms with Crippen LogP contribution in [-0.4, -0.2) is 43.3 Å². The average molecular weight is 439 g/mol. The van der Waals surface area contributed by atoms with Gasteiger partial charge in [-0.25, -0.2) is 4.79 Å². The molecule has 4 aromatic rings. The topological polar surface area (TPSA) is 102 Å². The van der Waals surface area contributed by atoms with Gasteiger partial charge in [-0.2, -0.15) is 4.98 Å². The van der Waals surface area contributed by atoms with Gasteiger partial charge in [0.2, 0.25) is 5.78 Å². The number of imidazole rings is 2. The summed E-state index contributed by atoms with van der Waals surface area (Å²) in [5.74, 6) is 0.854. The van der Waals surface area contributed by atoms with Crippen LogP contribution in [0.4, 0.5) is 0 Å². The van der Waals surface area contributed by atoms with Gasteiger partial charge in [0, 0.05) is 25.0 Å². The third-order valence-corrected chi connectivity index (χ3v) is 5.90. The predicted molar refractivity (Wildman–Crippen MR) is 118 cm³/mol. The zero-order valence-electron chi connectivity index (χ0n) is 18.7. The molecule has 0 atom stereocenters. The summed E-state index contributed by atoms with van der Waals surface area (Å²) in [5, 5.41) is 0. The number of methoxy groups -OCH3 is 2. The summed E-state index contributed by atoms with van der Waals surface area (Å²) in [6.45, 7) is 4.36. The Morgan fingerprint density at radius 2 is 1.72 bits per heavy atom. The van der Waals surface area contributed by atoms with Crippen LogP contribution in [0, 0.1) is 13.8 Å². The highest BCUT2D eigenvalue weighted by Gasteiger charge is 2.23. The maximum absolute atomic E-state index is 13.3. The maximum atomic E-state index is 13.3. The van der Waals surface area contributed by atoms with Crippen molar-refractivity contribution in [3.63, 3.8) is 0 Å². The SMILES string of the molecule is COC(=O)CCn1c(=O)c2c(nc3n(Cc4ccc(OC)cc4)c(C)c(C)n23)n(C)c1=O. The van der Waals surface area contributed by atoms with Crippen LogP contribution in [0.1, 0.15) is 23.4 Å². The summed E-state index contributed by atoms with van der Waals surface area (Å²) in [6.07, 6.45) is -0.0738. The predicted octanol–water partition coefficient (Wildman–Crippen LogP) is 1.39. The largest absolute Gasteiger partial charge is 0.497 e. The van der Waals surface area contributed by atoms with Crippen LogP contribution in [0.2, 0.25) is 0 Å². The number of nitrogens with zero attached hydrogens (tertiary/aromatic N) is 5. The van der Waals surface area contributed by atoms with Crippen LogP contribution in [0.3, 0.4) is 0 Å². The number of fused-ring (bicyclic) bond motifs is 3. The first-order chi connectivity index (χ1) is 15.3. The van der Waals surface area contributed by atoms with Crippen molar-refractivity contribution in [3.8, 4) is 5.75 Å². The first-order valence-corrected chi connectivity index (χ1v) is 10.2. The Labute approximate surface area is 183 Å². The number of rotatable bonds is 6. The third-order valence-electron chi connectivity index (χ3n) is 5.90. The van der Waals surface area contributed by atoms with Crippen molar-refractivity contribution < 1.29 is 14.3 Å². The molecule has 0 spiro atoms. The molecule has 10 nitrogen and oxygen atoms in total. The zero-order valence-corrected chi connectivity index (χ0v) is 18.7. The van der Waals surface area contributed by atoms with Gasteiger partial charge in [0.15, 0.2) is 11.2 Å². The number of esters is 1. The second-order valence-electron chi connectivity index (χ2n) is 7.65. The fraction of sp³-hybridized carbons (Fsp3) is 0.364. The normalized spacial score (nSPS) is 11.4. The van der Waals surface area contributed by atoms with E-state index in [0.717, 1.165) is 27.3 Å². The van der Waals surface area contributed by atoms with E-state index in [9.17, 15) is 14.4 Å². The van der Waals surface area contributed by atoms with E-state index in [1.807, 2.05) is 42.7 Å². The molecule has 0 saturated heterocycles. The summed E-state index contributed by atoms with van der Waals surface area (Å²) >= 11 is 0. The van der Waals surface area contributed by atoms with Crippen molar-refractivity contribution in [2.45, 2.75) is 33.4 Å². The fourth-order valence-corrected chi connectivity index (χ4v) is 3.92. The van der Waals surface area contributed by atoms with Crippen LogP contribution in [-0.2, 0) is 29.7 Å². The molecule has 0 saturated carbocycles. The Hall–Kier alpha value is -3.82. The van der Waals surface area contributed by atoms with E-state index in [0.29, 0.717) is 23.5 Å². The van der Waals surface area contributed by atoms with E-state index in [-0.39, 0.29) is 13.0 Å². The molecule has 10 heteroatoms. The first-order valence-electron chi connectivity index (χ1n) is 10.2. The molecule has 3 heterocycles. The molecule has 1 aromatic carbocycles. The molecular formula is C22H25N5O5. The molecule has 3 aromatic heterocycles. The molecule has 0 aliphatic carbocycles. The lowest BCUT2D eigenvalue weighted by Crippen LogP contribution is -2.40. The van der Waals surface area contributed by atoms with Gasteiger partial charge >= 0.3 is 11.7 Å². The molecule has 168 valence electrons. The van der Waals surface area contributed by atoms with Gasteiger partial charge < -0.3 is 14.0 Å². The van der Waals surface area contributed by atoms with Gasteiger partial charge in [-0.1, -0.05) is 12.1 Å². The summed E-state index contributed by atoms with van der Waals surface area (Å²) in [4.78, 5) is 42.3. The van der Waals surface area contributed by atoms with Crippen molar-refractivity contribution in [1.82, 2.24) is 23.1 Å². The second-order valence-corrected chi connectivity index (χ2v) is 7.65. The Kier molecular flexibility index (Phi) is 5.37. The Morgan fingerprint density at radius 3 is 2.34 bits per heavy atom. The number of aryl methyl sites for hydroxylation is 2. The van der Waals surface area contributed by atoms with E-state index >= 15 is 0 Å². The number of carbonyl (C=O) groups excluding carboxylic acids is 1. The van der Waals surface area contributed by atoms with Crippen molar-refractivity contribution in [3.05, 3.63) is 62.1 Å². The Bertz CT molecular complexity index is 1450. The number of aromatic nitrogens is 5. The lowest BCUT2D eigenvalue weighted by atomic mass is 10.2. The van der Waals surface area contributed by atoms with Crippen LogP contribution in [0.5, 0.6) is 5.75 Å². The molecule has 0 amide bonds. The monoisotopic (exact) mass is 439 g/mol. The number of ether oxygens (including phenoxy) is 2. The summed E-state index contributed by atoms with van der Waals surface area (Å²) < 4.78 is 16.1. The zero-order chi connectivity index (χ0) is 23.2. The second kappa shape index (κ2) is 8.03. The van der Waals surface area contributed by atoms with Gasteiger partial charge in [-0.3, -0.25) is 23.1 Å². The molecular weight excluding hydrogens is 414 g/mol. The number of hydrogen-bond donors (Lipinski definition) is 0. The minimum Gasteiger partial charge on any atom is -0.497 e. The summed E-state index contributed by atoms with van der Waals surface area (Å²) in [5.41, 5.74) is 2.46. The van der Waals surface area contributed by atoms with E-state index in [1.54, 1.807) is 18.6 Å². The number of carbonyl (C=O) groups is 1. The minimum absolute atomic E-state index is 0.0636. The molecule has 0 aliphatic rings. The molecule has 4 rings (SSSR count). The lowest BCUT2D eigenvalue weighted by Gasteiger charge is -2.08. The smallest absolute Gasteiger partial charge is 0.332 e. The van der Waals surface area contributed by atoms with E-state index in [2.05, 4.69) is 9.72 Å². The standard InChI is InChI=1S/C22H25N5O5/c1-13-14(2)27-18-19(24(3)22(30)25(20(18)29)11-10-17(28)32-5)23-21(27)26(13)12-15-6-8-16(31-4)9-7-15/h6-9H,10-12H2,1-5H3. The van der Waals surface area contributed by atoms with Crippen molar-refractivity contribution >= 4 is 22.9 Å². The molecule has 0 bridgehead atoms. The first kappa shape index (κ1) is 21.4. The lowest BCUT2D eigenvalue weighted by molar-refractivity contribution is -0.140. The number of benzene rings is 1. The van der Waals surface area contributed by atoms with Gasteiger partial charge in [0.25, 0.3) is 5.56 Å².